The van der Waals surface area contributed by atoms with Crippen LogP contribution < -0.4 is 0 Å². The van der Waals surface area contributed by atoms with Gasteiger partial charge in [-0.2, -0.15) is 5.26 Å². The van der Waals surface area contributed by atoms with E-state index in [0.29, 0.717) is 40.5 Å². The molecule has 290 valence electrons. The van der Waals surface area contributed by atoms with Crippen molar-refractivity contribution in [2.24, 2.45) is 0 Å². The first-order valence-electron chi connectivity index (χ1n) is 20.3. The van der Waals surface area contributed by atoms with Crippen LogP contribution in [0.2, 0.25) is 0 Å². The Labute approximate surface area is 359 Å². The summed E-state index contributed by atoms with van der Waals surface area (Å²) in [6.45, 7) is 0. The lowest BCUT2D eigenvalue weighted by Gasteiger charge is -2.17. The number of nitrogens with zero attached hydrogens (tertiary/aromatic N) is 7. The van der Waals surface area contributed by atoms with E-state index in [4.69, 9.17) is 29.9 Å². The van der Waals surface area contributed by atoms with E-state index in [2.05, 4.69) is 60.7 Å². The van der Waals surface area contributed by atoms with Crippen LogP contribution in [-0.2, 0) is 0 Å². The van der Waals surface area contributed by atoms with E-state index in [1.807, 2.05) is 158 Å². The van der Waals surface area contributed by atoms with Gasteiger partial charge in [-0.1, -0.05) is 188 Å². The summed E-state index contributed by atoms with van der Waals surface area (Å²) in [6.07, 6.45) is 0. The Balaban J connectivity index is 1.22. The highest BCUT2D eigenvalue weighted by atomic mass is 15.0. The first-order chi connectivity index (χ1) is 30.7. The highest BCUT2D eigenvalue weighted by Gasteiger charge is 2.22. The first-order valence-corrected chi connectivity index (χ1v) is 20.3. The summed E-state index contributed by atoms with van der Waals surface area (Å²) in [6, 6.07) is 72.9. The molecule has 10 aromatic rings. The van der Waals surface area contributed by atoms with E-state index in [1.54, 1.807) is 0 Å². The van der Waals surface area contributed by atoms with E-state index >= 15 is 0 Å². The Morgan fingerprint density at radius 1 is 0.242 bits per heavy atom. The standard InChI is InChI=1S/C55H35N7/c56-36-37-29-31-38(32-30-37)43-33-34-48(55-58-50(40-19-7-2-8-20-40)57-51(59-55)41-21-9-3-10-22-41)49(35-43)45-26-14-16-28-47(45)54-61-52(42-23-11-4-12-24-42)60-53(62-54)46-27-15-13-25-44(46)39-17-5-1-6-18-39/h1-35H. The number of benzene rings is 8. The van der Waals surface area contributed by atoms with Crippen LogP contribution in [0, 0.1) is 11.3 Å². The Kier molecular flexibility index (Phi) is 10.2. The largest absolute Gasteiger partial charge is 0.208 e. The van der Waals surface area contributed by atoms with Crippen molar-refractivity contribution in [3.8, 4) is 108 Å². The molecule has 0 bridgehead atoms. The smallest absolute Gasteiger partial charge is 0.164 e. The van der Waals surface area contributed by atoms with Gasteiger partial charge in [0.15, 0.2) is 34.9 Å². The fourth-order valence-electron chi connectivity index (χ4n) is 7.60. The van der Waals surface area contributed by atoms with Crippen molar-refractivity contribution in [1.82, 2.24) is 29.9 Å². The zero-order valence-corrected chi connectivity index (χ0v) is 33.3. The Hall–Kier alpha value is -8.73. The molecule has 0 amide bonds. The van der Waals surface area contributed by atoms with Gasteiger partial charge in [0, 0.05) is 33.4 Å². The highest BCUT2D eigenvalue weighted by Crippen LogP contribution is 2.41. The third-order valence-corrected chi connectivity index (χ3v) is 10.7. The van der Waals surface area contributed by atoms with Gasteiger partial charge in [-0.15, -0.1) is 0 Å². The van der Waals surface area contributed by atoms with Gasteiger partial charge < -0.3 is 0 Å². The molecule has 8 aromatic carbocycles. The monoisotopic (exact) mass is 793 g/mol. The molecule has 0 radical (unpaired) electrons. The molecule has 0 N–H and O–H groups in total. The summed E-state index contributed by atoms with van der Waals surface area (Å²) < 4.78 is 0. The maximum absolute atomic E-state index is 9.57. The second kappa shape index (κ2) is 16.9. The van der Waals surface area contributed by atoms with Gasteiger partial charge in [0.1, 0.15) is 0 Å². The predicted octanol–water partition coefficient (Wildman–Crippen LogP) is 12.9. The normalized spacial score (nSPS) is 10.9. The molecule has 0 aliphatic rings. The summed E-state index contributed by atoms with van der Waals surface area (Å²) in [5.74, 6) is 3.30. The van der Waals surface area contributed by atoms with Gasteiger partial charge in [-0.3, -0.25) is 0 Å². The van der Waals surface area contributed by atoms with Crippen molar-refractivity contribution in [1.29, 1.82) is 5.26 Å². The molecule has 0 atom stereocenters. The van der Waals surface area contributed by atoms with E-state index < -0.39 is 0 Å². The van der Waals surface area contributed by atoms with Gasteiger partial charge >= 0.3 is 0 Å². The third-order valence-electron chi connectivity index (χ3n) is 10.7. The molecule has 0 fully saturated rings. The number of aromatic nitrogens is 6. The third kappa shape index (κ3) is 7.63. The number of nitriles is 1. The van der Waals surface area contributed by atoms with Gasteiger partial charge in [0.2, 0.25) is 0 Å². The zero-order valence-electron chi connectivity index (χ0n) is 33.3. The topological polar surface area (TPSA) is 101 Å². The SMILES string of the molecule is N#Cc1ccc(-c2ccc(-c3nc(-c4ccccc4)nc(-c4ccccc4)n3)c(-c3ccccc3-c3nc(-c4ccccc4)nc(-c4ccccc4-c4ccccc4)n3)c2)cc1. The summed E-state index contributed by atoms with van der Waals surface area (Å²) >= 11 is 0. The molecule has 0 aliphatic carbocycles. The first kappa shape index (κ1) is 37.5. The molecule has 10 rings (SSSR count). The lowest BCUT2D eigenvalue weighted by Crippen LogP contribution is -2.03. The number of hydrogen-bond donors (Lipinski definition) is 0. The summed E-state index contributed by atoms with van der Waals surface area (Å²) in [5, 5.41) is 9.57. The average molecular weight is 794 g/mol. The molecule has 0 unspecified atom stereocenters. The summed E-state index contributed by atoms with van der Waals surface area (Å²) in [4.78, 5) is 30.9. The molecule has 0 saturated heterocycles. The summed E-state index contributed by atoms with van der Waals surface area (Å²) in [7, 11) is 0. The fourth-order valence-corrected chi connectivity index (χ4v) is 7.60. The molecule has 0 aliphatic heterocycles. The van der Waals surface area contributed by atoms with E-state index in [0.717, 1.165) is 66.8 Å². The maximum Gasteiger partial charge on any atom is 0.164 e. The second-order valence-corrected chi connectivity index (χ2v) is 14.6. The van der Waals surface area contributed by atoms with Crippen LogP contribution in [-0.4, -0.2) is 29.9 Å². The number of hydrogen-bond acceptors (Lipinski definition) is 7. The van der Waals surface area contributed by atoms with Crippen LogP contribution in [0.15, 0.2) is 212 Å². The Bertz CT molecular complexity index is 3160. The van der Waals surface area contributed by atoms with Gasteiger partial charge in [0.25, 0.3) is 0 Å². The van der Waals surface area contributed by atoms with Crippen molar-refractivity contribution in [2.45, 2.75) is 0 Å². The minimum Gasteiger partial charge on any atom is -0.208 e. The molecular formula is C55H35N7. The van der Waals surface area contributed by atoms with Crippen LogP contribution >= 0.6 is 0 Å². The fraction of sp³-hybridized carbons (Fsp3) is 0. The van der Waals surface area contributed by atoms with Gasteiger partial charge in [-0.05, 0) is 57.6 Å². The Morgan fingerprint density at radius 3 is 1.05 bits per heavy atom. The van der Waals surface area contributed by atoms with Crippen LogP contribution in [0.25, 0.3) is 102 Å². The van der Waals surface area contributed by atoms with Crippen molar-refractivity contribution in [3.05, 3.63) is 218 Å². The predicted molar refractivity (Wildman–Crippen MR) is 247 cm³/mol. The Morgan fingerprint density at radius 2 is 0.581 bits per heavy atom. The summed E-state index contributed by atoms with van der Waals surface area (Å²) in [5.41, 5.74) is 11.5. The van der Waals surface area contributed by atoms with Gasteiger partial charge in [-0.25, -0.2) is 29.9 Å². The van der Waals surface area contributed by atoms with Crippen molar-refractivity contribution < 1.29 is 0 Å². The molecule has 0 spiro atoms. The molecular weight excluding hydrogens is 759 g/mol. The van der Waals surface area contributed by atoms with Crippen molar-refractivity contribution in [3.63, 3.8) is 0 Å². The van der Waals surface area contributed by atoms with Crippen LogP contribution in [0.4, 0.5) is 0 Å². The maximum atomic E-state index is 9.57. The van der Waals surface area contributed by atoms with Gasteiger partial charge in [0.05, 0.1) is 11.6 Å². The van der Waals surface area contributed by atoms with E-state index in [-0.39, 0.29) is 0 Å². The van der Waals surface area contributed by atoms with Crippen molar-refractivity contribution >= 4 is 0 Å². The zero-order chi connectivity index (χ0) is 41.7. The second-order valence-electron chi connectivity index (χ2n) is 14.6. The lowest BCUT2D eigenvalue weighted by atomic mass is 9.91. The minimum absolute atomic E-state index is 0.520. The highest BCUT2D eigenvalue weighted by molar-refractivity contribution is 5.92. The molecule has 7 nitrogen and oxygen atoms in total. The minimum atomic E-state index is 0.520. The molecule has 62 heavy (non-hydrogen) atoms. The lowest BCUT2D eigenvalue weighted by molar-refractivity contribution is 1.07. The molecule has 2 aromatic heterocycles. The molecule has 2 heterocycles. The van der Waals surface area contributed by atoms with Crippen LogP contribution in [0.1, 0.15) is 5.56 Å². The van der Waals surface area contributed by atoms with Crippen LogP contribution in [0.5, 0.6) is 0 Å². The number of rotatable bonds is 9. The van der Waals surface area contributed by atoms with Crippen LogP contribution in [0.3, 0.4) is 0 Å². The molecule has 7 heteroatoms. The van der Waals surface area contributed by atoms with E-state index in [9.17, 15) is 5.26 Å². The average Bonchev–Trinajstić information content (AvgIpc) is 3.37. The molecule has 0 saturated carbocycles. The van der Waals surface area contributed by atoms with E-state index in [1.165, 1.54) is 0 Å². The van der Waals surface area contributed by atoms with Crippen molar-refractivity contribution in [2.75, 3.05) is 0 Å². The quantitative estimate of drug-likeness (QED) is 0.143.